The van der Waals surface area contributed by atoms with E-state index in [2.05, 4.69) is 5.32 Å². The summed E-state index contributed by atoms with van der Waals surface area (Å²) in [5.41, 5.74) is -0.821. The predicted octanol–water partition coefficient (Wildman–Crippen LogP) is 1.87. The molecule has 1 rings (SSSR count). The molecule has 0 aliphatic carbocycles. The molecule has 16 heavy (non-hydrogen) atoms. The van der Waals surface area contributed by atoms with Gasteiger partial charge < -0.3 is 10.4 Å². The molecule has 0 aliphatic rings. The van der Waals surface area contributed by atoms with Crippen LogP contribution in [0, 0.1) is 11.6 Å². The molecule has 90 valence electrons. The molecule has 1 unspecified atom stereocenters. The van der Waals surface area contributed by atoms with Crippen molar-refractivity contribution < 1.29 is 13.9 Å². The van der Waals surface area contributed by atoms with Gasteiger partial charge in [-0.1, -0.05) is 12.1 Å². The van der Waals surface area contributed by atoms with Crippen molar-refractivity contribution in [2.45, 2.75) is 25.4 Å². The highest BCUT2D eigenvalue weighted by Crippen LogP contribution is 2.20. The summed E-state index contributed by atoms with van der Waals surface area (Å²) in [5.74, 6) is -1.74. The van der Waals surface area contributed by atoms with Gasteiger partial charge in [0.15, 0.2) is 11.6 Å². The van der Waals surface area contributed by atoms with Crippen LogP contribution in [0.3, 0.4) is 0 Å². The third-order valence-corrected chi connectivity index (χ3v) is 2.52. The lowest BCUT2D eigenvalue weighted by Gasteiger charge is -2.23. The molecule has 0 aliphatic heterocycles. The Morgan fingerprint density at radius 2 is 2.06 bits per heavy atom. The summed E-state index contributed by atoms with van der Waals surface area (Å²) < 4.78 is 26.3. The number of rotatable bonds is 5. The standard InChI is InChI=1S/C12H17F2NO/c1-12(16,6-7-15-2)8-9-4-3-5-10(13)11(9)14/h3-5,15-16H,6-8H2,1-2H3. The number of hydrogen-bond acceptors (Lipinski definition) is 2. The highest BCUT2D eigenvalue weighted by molar-refractivity contribution is 5.20. The average molecular weight is 229 g/mol. The summed E-state index contributed by atoms with van der Waals surface area (Å²) in [4.78, 5) is 0. The number of benzene rings is 1. The van der Waals surface area contributed by atoms with Crippen molar-refractivity contribution in [1.29, 1.82) is 0 Å². The minimum Gasteiger partial charge on any atom is -0.390 e. The zero-order chi connectivity index (χ0) is 12.2. The fraction of sp³-hybridized carbons (Fsp3) is 0.500. The van der Waals surface area contributed by atoms with Crippen molar-refractivity contribution in [3.05, 3.63) is 35.4 Å². The molecule has 4 heteroatoms. The molecule has 2 N–H and O–H groups in total. The molecule has 0 saturated carbocycles. The molecule has 0 bridgehead atoms. The Hall–Kier alpha value is -1.00. The first-order valence-corrected chi connectivity index (χ1v) is 5.26. The quantitative estimate of drug-likeness (QED) is 0.807. The van der Waals surface area contributed by atoms with E-state index in [-0.39, 0.29) is 12.0 Å². The molecule has 0 fully saturated rings. The smallest absolute Gasteiger partial charge is 0.162 e. The van der Waals surface area contributed by atoms with E-state index in [0.717, 1.165) is 6.07 Å². The van der Waals surface area contributed by atoms with Gasteiger partial charge in [0.1, 0.15) is 0 Å². The first kappa shape index (κ1) is 13.1. The van der Waals surface area contributed by atoms with Gasteiger partial charge in [-0.05, 0) is 38.6 Å². The molecule has 0 spiro atoms. The second-order valence-corrected chi connectivity index (χ2v) is 4.24. The van der Waals surface area contributed by atoms with Crippen LogP contribution in [0.25, 0.3) is 0 Å². The van der Waals surface area contributed by atoms with Crippen molar-refractivity contribution in [3.8, 4) is 0 Å². The Labute approximate surface area is 94.3 Å². The topological polar surface area (TPSA) is 32.3 Å². The molecule has 0 heterocycles. The summed E-state index contributed by atoms with van der Waals surface area (Å²) in [7, 11) is 1.78. The van der Waals surface area contributed by atoms with Crippen molar-refractivity contribution in [2.24, 2.45) is 0 Å². The van der Waals surface area contributed by atoms with Gasteiger partial charge in [0.2, 0.25) is 0 Å². The molecule has 0 radical (unpaired) electrons. The maximum Gasteiger partial charge on any atom is 0.162 e. The Kier molecular flexibility index (Phi) is 4.38. The zero-order valence-corrected chi connectivity index (χ0v) is 9.56. The largest absolute Gasteiger partial charge is 0.390 e. The summed E-state index contributed by atoms with van der Waals surface area (Å²) in [6, 6.07) is 4.01. The molecule has 1 aromatic carbocycles. The zero-order valence-electron chi connectivity index (χ0n) is 9.56. The summed E-state index contributed by atoms with van der Waals surface area (Å²) in [6.07, 6.45) is 0.595. The van der Waals surface area contributed by atoms with Crippen molar-refractivity contribution in [3.63, 3.8) is 0 Å². The van der Waals surface area contributed by atoms with Crippen molar-refractivity contribution in [2.75, 3.05) is 13.6 Å². The second kappa shape index (κ2) is 5.37. The van der Waals surface area contributed by atoms with E-state index < -0.39 is 17.2 Å². The SMILES string of the molecule is CNCCC(C)(O)Cc1cccc(F)c1F. The highest BCUT2D eigenvalue weighted by Gasteiger charge is 2.22. The predicted molar refractivity (Wildman–Crippen MR) is 59.2 cm³/mol. The Balaban J connectivity index is 2.75. The second-order valence-electron chi connectivity index (χ2n) is 4.24. The molecule has 0 aromatic heterocycles. The summed E-state index contributed by atoms with van der Waals surface area (Å²) in [6.45, 7) is 2.25. The third-order valence-electron chi connectivity index (χ3n) is 2.52. The van der Waals surface area contributed by atoms with Crippen LogP contribution < -0.4 is 5.32 Å². The minimum atomic E-state index is -1.03. The molecular formula is C12H17F2NO. The Bertz CT molecular complexity index is 353. The third kappa shape index (κ3) is 3.54. The van der Waals surface area contributed by atoms with E-state index in [1.165, 1.54) is 12.1 Å². The normalized spacial score (nSPS) is 14.8. The van der Waals surface area contributed by atoms with Gasteiger partial charge in [-0.3, -0.25) is 0 Å². The Morgan fingerprint density at radius 3 is 2.69 bits per heavy atom. The van der Waals surface area contributed by atoms with Gasteiger partial charge in [-0.15, -0.1) is 0 Å². The lowest BCUT2D eigenvalue weighted by Crippen LogP contribution is -2.31. The maximum absolute atomic E-state index is 13.4. The van der Waals surface area contributed by atoms with Crippen LogP contribution in [0.15, 0.2) is 18.2 Å². The number of hydrogen-bond donors (Lipinski definition) is 2. The first-order valence-electron chi connectivity index (χ1n) is 5.26. The van der Waals surface area contributed by atoms with Gasteiger partial charge in [0.05, 0.1) is 5.60 Å². The molecule has 0 amide bonds. The number of nitrogens with one attached hydrogen (secondary N) is 1. The van der Waals surface area contributed by atoms with Gasteiger partial charge in [0, 0.05) is 6.42 Å². The molecule has 1 atom stereocenters. The van der Waals surface area contributed by atoms with Crippen LogP contribution in [0.5, 0.6) is 0 Å². The van der Waals surface area contributed by atoms with Gasteiger partial charge in [-0.2, -0.15) is 0 Å². The molecule has 0 saturated heterocycles. The van der Waals surface area contributed by atoms with E-state index in [1.807, 2.05) is 0 Å². The Morgan fingerprint density at radius 1 is 1.38 bits per heavy atom. The lowest BCUT2D eigenvalue weighted by molar-refractivity contribution is 0.0510. The van der Waals surface area contributed by atoms with Crippen LogP contribution in [0.1, 0.15) is 18.9 Å². The van der Waals surface area contributed by atoms with Crippen LogP contribution in [-0.2, 0) is 6.42 Å². The van der Waals surface area contributed by atoms with E-state index >= 15 is 0 Å². The lowest BCUT2D eigenvalue weighted by atomic mass is 9.93. The fourth-order valence-corrected chi connectivity index (χ4v) is 1.58. The maximum atomic E-state index is 13.4. The van der Waals surface area contributed by atoms with E-state index in [9.17, 15) is 13.9 Å². The van der Waals surface area contributed by atoms with Crippen LogP contribution in [0.4, 0.5) is 8.78 Å². The minimum absolute atomic E-state index is 0.109. The van der Waals surface area contributed by atoms with Crippen molar-refractivity contribution in [1.82, 2.24) is 5.32 Å². The molecule has 2 nitrogen and oxygen atoms in total. The first-order chi connectivity index (χ1) is 7.46. The van der Waals surface area contributed by atoms with Gasteiger partial charge in [0.25, 0.3) is 0 Å². The highest BCUT2D eigenvalue weighted by atomic mass is 19.2. The van der Waals surface area contributed by atoms with Crippen molar-refractivity contribution >= 4 is 0 Å². The van der Waals surface area contributed by atoms with Gasteiger partial charge in [-0.25, -0.2) is 8.78 Å². The van der Waals surface area contributed by atoms with Crippen LogP contribution >= 0.6 is 0 Å². The molecular weight excluding hydrogens is 212 g/mol. The van der Waals surface area contributed by atoms with Crippen LogP contribution in [0.2, 0.25) is 0 Å². The van der Waals surface area contributed by atoms with E-state index in [4.69, 9.17) is 0 Å². The summed E-state index contributed by atoms with van der Waals surface area (Å²) >= 11 is 0. The van der Waals surface area contributed by atoms with E-state index in [0.29, 0.717) is 13.0 Å². The molecule has 1 aromatic rings. The summed E-state index contributed by atoms with van der Waals surface area (Å²) in [5, 5.41) is 12.9. The average Bonchev–Trinajstić information content (AvgIpc) is 2.22. The fourth-order valence-electron chi connectivity index (χ4n) is 1.58. The monoisotopic (exact) mass is 229 g/mol. The number of aliphatic hydroxyl groups is 1. The van der Waals surface area contributed by atoms with Gasteiger partial charge >= 0.3 is 0 Å². The number of halogens is 2. The van der Waals surface area contributed by atoms with Crippen LogP contribution in [-0.4, -0.2) is 24.3 Å². The van der Waals surface area contributed by atoms with E-state index in [1.54, 1.807) is 14.0 Å².